The number of hydrogen-bond donors (Lipinski definition) is 1. The molecular weight excluding hydrogens is 197 g/mol. The van der Waals surface area contributed by atoms with E-state index >= 15 is 0 Å². The maximum Gasteiger partial charge on any atom is 1.00 e. The van der Waals surface area contributed by atoms with Crippen LogP contribution in [0.4, 0.5) is 0 Å². The second-order valence-electron chi connectivity index (χ2n) is 2.66. The molecule has 0 spiro atoms. The molecule has 0 unspecified atom stereocenters. The Hall–Kier alpha value is 0.576. The smallest absolute Gasteiger partial charge is 0.549 e. The summed E-state index contributed by atoms with van der Waals surface area (Å²) >= 11 is 0. The van der Waals surface area contributed by atoms with Crippen molar-refractivity contribution < 1.29 is 66.1 Å². The normalized spacial score (nSPS) is 10.1. The molecule has 0 saturated heterocycles. The minimum Gasteiger partial charge on any atom is -0.549 e. The van der Waals surface area contributed by atoms with E-state index in [0.29, 0.717) is 0 Å². The number of hydrogen-bond acceptors (Lipinski definition) is 3. The van der Waals surface area contributed by atoms with E-state index in [-0.39, 0.29) is 64.2 Å². The van der Waals surface area contributed by atoms with Gasteiger partial charge in [0.2, 0.25) is 5.91 Å². The fourth-order valence-electron chi connectivity index (χ4n) is 1.19. The zero-order chi connectivity index (χ0) is 9.78. The van der Waals surface area contributed by atoms with Crippen LogP contribution < -0.4 is 61.8 Å². The number of carboxylic acid groups (broad SMARTS) is 1. The first kappa shape index (κ1) is 16.0. The van der Waals surface area contributed by atoms with Crippen LogP contribution in [0.3, 0.4) is 0 Å². The standard InChI is InChI=1S/C8H15NO3.K/c1-4-8(5-2,7(11)12)6(10)9-3;/h4-5H2,1-3H3,(H,9,10)(H,11,12);/q;+1/p-1. The van der Waals surface area contributed by atoms with Gasteiger partial charge in [0.1, 0.15) is 0 Å². The molecule has 1 N–H and O–H groups in total. The van der Waals surface area contributed by atoms with E-state index in [0.717, 1.165) is 0 Å². The summed E-state index contributed by atoms with van der Waals surface area (Å²) in [5.41, 5.74) is -1.35. The Bertz CT molecular complexity index is 190. The molecule has 0 radical (unpaired) electrons. The Morgan fingerprint density at radius 2 is 1.69 bits per heavy atom. The van der Waals surface area contributed by atoms with Crippen LogP contribution in [0, 0.1) is 5.41 Å². The monoisotopic (exact) mass is 211 g/mol. The average Bonchev–Trinajstić information content (AvgIpc) is 2.06. The zero-order valence-electron chi connectivity index (χ0n) is 8.64. The molecule has 0 aromatic rings. The topological polar surface area (TPSA) is 69.2 Å². The van der Waals surface area contributed by atoms with E-state index in [9.17, 15) is 14.7 Å². The van der Waals surface area contributed by atoms with Crippen molar-refractivity contribution >= 4 is 11.9 Å². The van der Waals surface area contributed by atoms with Crippen molar-refractivity contribution in [2.45, 2.75) is 26.7 Å². The summed E-state index contributed by atoms with van der Waals surface area (Å²) in [5, 5.41) is 13.0. The van der Waals surface area contributed by atoms with Crippen molar-refractivity contribution in [2.24, 2.45) is 5.41 Å². The Morgan fingerprint density at radius 3 is 1.77 bits per heavy atom. The Morgan fingerprint density at radius 1 is 1.31 bits per heavy atom. The van der Waals surface area contributed by atoms with E-state index in [1.165, 1.54) is 7.05 Å². The number of nitrogens with one attached hydrogen (secondary N) is 1. The number of rotatable bonds is 4. The third-order valence-corrected chi connectivity index (χ3v) is 2.26. The third kappa shape index (κ3) is 3.32. The Labute approximate surface area is 121 Å². The van der Waals surface area contributed by atoms with Gasteiger partial charge in [0.15, 0.2) is 0 Å². The fraction of sp³-hybridized carbons (Fsp3) is 0.750. The molecule has 0 fully saturated rings. The predicted molar refractivity (Wildman–Crippen MR) is 42.1 cm³/mol. The number of carbonyl (C=O) groups excluding carboxylic acids is 2. The second kappa shape index (κ2) is 6.95. The summed E-state index contributed by atoms with van der Waals surface area (Å²) in [4.78, 5) is 21.9. The van der Waals surface area contributed by atoms with Gasteiger partial charge in [-0.1, -0.05) is 13.8 Å². The second-order valence-corrected chi connectivity index (χ2v) is 2.66. The SMILES string of the molecule is CCC(CC)(C(=O)[O-])C(=O)NC.[K+]. The molecule has 0 aromatic carbocycles. The van der Waals surface area contributed by atoms with E-state index < -0.39 is 17.3 Å². The first-order chi connectivity index (χ1) is 5.55. The molecule has 0 heterocycles. The molecule has 0 rings (SSSR count). The van der Waals surface area contributed by atoms with E-state index in [1.54, 1.807) is 13.8 Å². The van der Waals surface area contributed by atoms with E-state index in [2.05, 4.69) is 5.32 Å². The van der Waals surface area contributed by atoms with E-state index in [1.807, 2.05) is 0 Å². The number of carbonyl (C=O) groups is 2. The van der Waals surface area contributed by atoms with Crippen LogP contribution in [0.15, 0.2) is 0 Å². The molecule has 4 nitrogen and oxygen atoms in total. The van der Waals surface area contributed by atoms with Gasteiger partial charge < -0.3 is 15.2 Å². The number of aliphatic carboxylic acids is 1. The molecule has 0 bridgehead atoms. The summed E-state index contributed by atoms with van der Waals surface area (Å²) in [6.45, 7) is 3.32. The minimum absolute atomic E-state index is 0. The Balaban J connectivity index is 0. The molecule has 0 aromatic heterocycles. The molecule has 0 aliphatic rings. The molecule has 70 valence electrons. The molecule has 0 aliphatic carbocycles. The van der Waals surface area contributed by atoms with Crippen molar-refractivity contribution in [1.82, 2.24) is 5.32 Å². The molecule has 0 saturated carbocycles. The van der Waals surface area contributed by atoms with Gasteiger partial charge in [-0.15, -0.1) is 0 Å². The maximum absolute atomic E-state index is 11.2. The number of carboxylic acids is 1. The fourth-order valence-corrected chi connectivity index (χ4v) is 1.19. The molecule has 1 amide bonds. The summed E-state index contributed by atoms with van der Waals surface area (Å²) in [5.74, 6) is -1.78. The summed E-state index contributed by atoms with van der Waals surface area (Å²) < 4.78 is 0. The summed E-state index contributed by atoms with van der Waals surface area (Å²) in [6.07, 6.45) is 0.511. The molecule has 5 heteroatoms. The van der Waals surface area contributed by atoms with Crippen LogP contribution in [0.25, 0.3) is 0 Å². The summed E-state index contributed by atoms with van der Waals surface area (Å²) in [7, 11) is 1.42. The largest absolute Gasteiger partial charge is 1.00 e. The maximum atomic E-state index is 11.2. The first-order valence-corrected chi connectivity index (χ1v) is 3.98. The van der Waals surface area contributed by atoms with Gasteiger partial charge in [0, 0.05) is 7.05 Å². The van der Waals surface area contributed by atoms with Gasteiger partial charge in [-0.3, -0.25) is 4.79 Å². The molecular formula is C8H14KNO3. The van der Waals surface area contributed by atoms with Gasteiger partial charge in [-0.2, -0.15) is 0 Å². The number of amides is 1. The average molecular weight is 211 g/mol. The van der Waals surface area contributed by atoms with Crippen LogP contribution >= 0.6 is 0 Å². The van der Waals surface area contributed by atoms with E-state index in [4.69, 9.17) is 0 Å². The third-order valence-electron chi connectivity index (χ3n) is 2.26. The summed E-state index contributed by atoms with van der Waals surface area (Å²) in [6, 6.07) is 0. The van der Waals surface area contributed by atoms with Crippen LogP contribution in [0.2, 0.25) is 0 Å². The zero-order valence-corrected chi connectivity index (χ0v) is 11.8. The minimum atomic E-state index is -1.35. The van der Waals surface area contributed by atoms with Gasteiger partial charge in [-0.05, 0) is 12.8 Å². The van der Waals surface area contributed by atoms with Gasteiger partial charge >= 0.3 is 51.4 Å². The van der Waals surface area contributed by atoms with Crippen molar-refractivity contribution in [3.63, 3.8) is 0 Å². The molecule has 0 aliphatic heterocycles. The van der Waals surface area contributed by atoms with Crippen molar-refractivity contribution in [2.75, 3.05) is 7.05 Å². The predicted octanol–water partition coefficient (Wildman–Crippen LogP) is -3.71. The van der Waals surface area contributed by atoms with Crippen molar-refractivity contribution in [3.8, 4) is 0 Å². The van der Waals surface area contributed by atoms with Gasteiger partial charge in [-0.25, -0.2) is 0 Å². The van der Waals surface area contributed by atoms with Crippen LogP contribution in [0.1, 0.15) is 26.7 Å². The molecule has 0 atom stereocenters. The van der Waals surface area contributed by atoms with Crippen LogP contribution in [0.5, 0.6) is 0 Å². The van der Waals surface area contributed by atoms with Crippen molar-refractivity contribution in [1.29, 1.82) is 0 Å². The quantitative estimate of drug-likeness (QED) is 0.384. The van der Waals surface area contributed by atoms with Gasteiger partial charge in [0.25, 0.3) is 0 Å². The molecule has 13 heavy (non-hydrogen) atoms. The Kier molecular flexibility index (Phi) is 8.56. The first-order valence-electron chi connectivity index (χ1n) is 3.98. The van der Waals surface area contributed by atoms with Crippen LogP contribution in [-0.2, 0) is 9.59 Å². The van der Waals surface area contributed by atoms with Gasteiger partial charge in [0.05, 0.1) is 11.4 Å². The van der Waals surface area contributed by atoms with Crippen LogP contribution in [-0.4, -0.2) is 18.9 Å². The van der Waals surface area contributed by atoms with Crippen molar-refractivity contribution in [3.05, 3.63) is 0 Å².